The number of alkyl carbamates (subject to hydrolysis) is 1. The number of ether oxygens (including phenoxy) is 2. The lowest BCUT2D eigenvalue weighted by molar-refractivity contribution is 0.0530. The van der Waals surface area contributed by atoms with Crippen molar-refractivity contribution < 1.29 is 14.3 Å². The molecule has 7 heteroatoms. The van der Waals surface area contributed by atoms with Crippen LogP contribution in [0.4, 0.5) is 10.6 Å². The van der Waals surface area contributed by atoms with Gasteiger partial charge in [0.2, 0.25) is 5.88 Å². The van der Waals surface area contributed by atoms with Crippen molar-refractivity contribution in [2.75, 3.05) is 25.0 Å². The van der Waals surface area contributed by atoms with Crippen LogP contribution in [0, 0.1) is 6.92 Å². The van der Waals surface area contributed by atoms with Crippen molar-refractivity contribution in [2.24, 2.45) is 0 Å². The second-order valence-electron chi connectivity index (χ2n) is 5.43. The molecule has 0 radical (unpaired) electrons. The van der Waals surface area contributed by atoms with Crippen LogP contribution < -0.4 is 15.4 Å². The van der Waals surface area contributed by atoms with Crippen molar-refractivity contribution in [3.8, 4) is 5.88 Å². The zero-order valence-corrected chi connectivity index (χ0v) is 13.3. The van der Waals surface area contributed by atoms with Gasteiger partial charge in [0, 0.05) is 19.2 Å². The fourth-order valence-electron chi connectivity index (χ4n) is 1.52. The van der Waals surface area contributed by atoms with Crippen LogP contribution in [-0.4, -0.2) is 41.4 Å². The maximum absolute atomic E-state index is 11.5. The largest absolute Gasteiger partial charge is 0.478 e. The first kappa shape index (κ1) is 17.0. The number of aryl methyl sites for hydroxylation is 1. The molecule has 0 aromatic carbocycles. The summed E-state index contributed by atoms with van der Waals surface area (Å²) >= 11 is 0. The van der Waals surface area contributed by atoms with Crippen LogP contribution in [0.1, 0.15) is 33.5 Å². The molecule has 7 nitrogen and oxygen atoms in total. The summed E-state index contributed by atoms with van der Waals surface area (Å²) < 4.78 is 10.5. The van der Waals surface area contributed by atoms with Gasteiger partial charge in [0.1, 0.15) is 17.2 Å². The molecule has 0 unspecified atom stereocenters. The van der Waals surface area contributed by atoms with Gasteiger partial charge in [-0.15, -0.1) is 0 Å². The number of nitrogens with zero attached hydrogens (tertiary/aromatic N) is 2. The maximum Gasteiger partial charge on any atom is 0.407 e. The molecule has 2 N–H and O–H groups in total. The molecule has 21 heavy (non-hydrogen) atoms. The van der Waals surface area contributed by atoms with E-state index in [4.69, 9.17) is 9.47 Å². The lowest BCUT2D eigenvalue weighted by atomic mass is 10.2. The summed E-state index contributed by atoms with van der Waals surface area (Å²) in [6.45, 7) is 10.7. The minimum absolute atomic E-state index is 0.432. The summed E-state index contributed by atoms with van der Waals surface area (Å²) in [6, 6.07) is 1.73. The molecule has 0 aliphatic heterocycles. The highest BCUT2D eigenvalue weighted by Gasteiger charge is 2.15. The van der Waals surface area contributed by atoms with Gasteiger partial charge >= 0.3 is 6.09 Å². The Kier molecular flexibility index (Phi) is 6.20. The van der Waals surface area contributed by atoms with E-state index in [1.165, 1.54) is 0 Å². The van der Waals surface area contributed by atoms with E-state index in [0.717, 1.165) is 0 Å². The number of carbonyl (C=O) groups excluding carboxylic acids is 1. The molecule has 1 aromatic heterocycles. The van der Waals surface area contributed by atoms with Gasteiger partial charge in [0.15, 0.2) is 0 Å². The molecule has 0 saturated carbocycles. The number of rotatable bonds is 6. The Morgan fingerprint density at radius 1 is 1.29 bits per heavy atom. The topological polar surface area (TPSA) is 85.4 Å². The molecule has 0 spiro atoms. The molecule has 0 bridgehead atoms. The quantitative estimate of drug-likeness (QED) is 0.782. The Morgan fingerprint density at radius 3 is 2.62 bits per heavy atom. The number of nitrogens with one attached hydrogen (secondary N) is 2. The lowest BCUT2D eigenvalue weighted by Crippen LogP contribution is -2.35. The second kappa shape index (κ2) is 7.66. The molecule has 0 atom stereocenters. The smallest absolute Gasteiger partial charge is 0.407 e. The highest BCUT2D eigenvalue weighted by atomic mass is 16.6. The summed E-state index contributed by atoms with van der Waals surface area (Å²) in [5.41, 5.74) is -0.492. The van der Waals surface area contributed by atoms with Crippen LogP contribution in [0.5, 0.6) is 5.88 Å². The number of amides is 1. The first-order valence-electron chi connectivity index (χ1n) is 6.99. The van der Waals surface area contributed by atoms with Gasteiger partial charge in [-0.1, -0.05) is 0 Å². The van der Waals surface area contributed by atoms with E-state index < -0.39 is 11.7 Å². The van der Waals surface area contributed by atoms with E-state index in [9.17, 15) is 4.79 Å². The third-order valence-electron chi connectivity index (χ3n) is 2.21. The van der Waals surface area contributed by atoms with E-state index in [1.54, 1.807) is 13.0 Å². The molecular weight excluding hydrogens is 272 g/mol. The van der Waals surface area contributed by atoms with Crippen molar-refractivity contribution in [1.82, 2.24) is 15.3 Å². The van der Waals surface area contributed by atoms with Gasteiger partial charge < -0.3 is 20.1 Å². The fourth-order valence-corrected chi connectivity index (χ4v) is 1.52. The fraction of sp³-hybridized carbons (Fsp3) is 0.643. The summed E-state index contributed by atoms with van der Waals surface area (Å²) in [7, 11) is 0. The normalized spacial score (nSPS) is 10.9. The molecule has 0 aliphatic rings. The Balaban J connectivity index is 2.37. The van der Waals surface area contributed by atoms with Crippen LogP contribution in [-0.2, 0) is 4.74 Å². The predicted octanol–water partition coefficient (Wildman–Crippen LogP) is 2.12. The van der Waals surface area contributed by atoms with Crippen LogP contribution >= 0.6 is 0 Å². The van der Waals surface area contributed by atoms with Crippen molar-refractivity contribution in [3.05, 3.63) is 11.9 Å². The van der Waals surface area contributed by atoms with Crippen molar-refractivity contribution in [2.45, 2.75) is 40.2 Å². The Hall–Kier alpha value is -2.05. The van der Waals surface area contributed by atoms with E-state index >= 15 is 0 Å². The number of hydrogen-bond acceptors (Lipinski definition) is 6. The van der Waals surface area contributed by atoms with Crippen LogP contribution in [0.2, 0.25) is 0 Å². The lowest BCUT2D eigenvalue weighted by Gasteiger charge is -2.19. The van der Waals surface area contributed by atoms with Gasteiger partial charge in [-0.3, -0.25) is 0 Å². The van der Waals surface area contributed by atoms with Gasteiger partial charge in [0.25, 0.3) is 0 Å². The summed E-state index contributed by atoms with van der Waals surface area (Å²) in [4.78, 5) is 19.9. The average molecular weight is 296 g/mol. The molecule has 118 valence electrons. The Labute approximate surface area is 125 Å². The van der Waals surface area contributed by atoms with Gasteiger partial charge in [-0.2, -0.15) is 4.98 Å². The summed E-state index contributed by atoms with van der Waals surface area (Å²) in [5, 5.41) is 5.77. The van der Waals surface area contributed by atoms with Crippen LogP contribution in [0.15, 0.2) is 6.07 Å². The molecular formula is C14H24N4O3. The summed E-state index contributed by atoms with van der Waals surface area (Å²) in [6.07, 6.45) is -0.432. The third kappa shape index (κ3) is 7.34. The second-order valence-corrected chi connectivity index (χ2v) is 5.43. The van der Waals surface area contributed by atoms with Crippen molar-refractivity contribution >= 4 is 11.9 Å². The summed E-state index contributed by atoms with van der Waals surface area (Å²) in [5.74, 6) is 1.83. The molecule has 0 saturated heterocycles. The number of hydrogen-bond donors (Lipinski definition) is 2. The first-order chi connectivity index (χ1) is 9.80. The zero-order chi connectivity index (χ0) is 15.9. The van der Waals surface area contributed by atoms with Gasteiger partial charge in [-0.05, 0) is 34.6 Å². The molecule has 1 heterocycles. The SMILES string of the molecule is CCOc1cc(NCCNC(=O)OC(C)(C)C)nc(C)n1. The predicted molar refractivity (Wildman–Crippen MR) is 80.7 cm³/mol. The molecule has 1 amide bonds. The maximum atomic E-state index is 11.5. The van der Waals surface area contributed by atoms with Crippen LogP contribution in [0.25, 0.3) is 0 Å². The van der Waals surface area contributed by atoms with Gasteiger partial charge in [-0.25, -0.2) is 9.78 Å². The first-order valence-corrected chi connectivity index (χ1v) is 6.99. The van der Waals surface area contributed by atoms with E-state index in [-0.39, 0.29) is 0 Å². The molecule has 1 aromatic rings. The van der Waals surface area contributed by atoms with Crippen LogP contribution in [0.3, 0.4) is 0 Å². The van der Waals surface area contributed by atoms with Gasteiger partial charge in [0.05, 0.1) is 6.61 Å². The third-order valence-corrected chi connectivity index (χ3v) is 2.21. The number of aromatic nitrogens is 2. The Morgan fingerprint density at radius 2 is 2.00 bits per heavy atom. The monoisotopic (exact) mass is 296 g/mol. The average Bonchev–Trinajstić information content (AvgIpc) is 2.32. The number of anilines is 1. The van der Waals surface area contributed by atoms with E-state index in [0.29, 0.717) is 37.2 Å². The highest BCUT2D eigenvalue weighted by molar-refractivity contribution is 5.67. The zero-order valence-electron chi connectivity index (χ0n) is 13.3. The van der Waals surface area contributed by atoms with E-state index in [2.05, 4.69) is 20.6 Å². The minimum Gasteiger partial charge on any atom is -0.478 e. The standard InChI is InChI=1S/C14H24N4O3/c1-6-20-12-9-11(17-10(2)18-12)15-7-8-16-13(19)21-14(3,4)5/h9H,6-8H2,1-5H3,(H,16,19)(H,15,17,18). The molecule has 0 fully saturated rings. The van der Waals surface area contributed by atoms with E-state index in [1.807, 2.05) is 27.7 Å². The number of carbonyl (C=O) groups is 1. The van der Waals surface area contributed by atoms with Crippen molar-refractivity contribution in [1.29, 1.82) is 0 Å². The highest BCUT2D eigenvalue weighted by Crippen LogP contribution is 2.12. The van der Waals surface area contributed by atoms with Crippen molar-refractivity contribution in [3.63, 3.8) is 0 Å². The molecule has 1 rings (SSSR count). The minimum atomic E-state index is -0.492. The molecule has 0 aliphatic carbocycles. The Bertz CT molecular complexity index is 472.